The number of nitrogens with zero attached hydrogens (tertiary/aromatic N) is 2. The van der Waals surface area contributed by atoms with E-state index in [0.29, 0.717) is 0 Å². The van der Waals surface area contributed by atoms with Gasteiger partial charge in [-0.05, 0) is 28.0 Å². The lowest BCUT2D eigenvalue weighted by Crippen LogP contribution is -2.24. The number of carbonyl (C=O) groups is 2. The van der Waals surface area contributed by atoms with E-state index in [1.807, 2.05) is 72.8 Å². The number of hydrogen-bond donors (Lipinski definition) is 4. The van der Waals surface area contributed by atoms with Crippen LogP contribution in [0.25, 0.3) is 16.8 Å². The van der Waals surface area contributed by atoms with Gasteiger partial charge in [-0.1, -0.05) is 72.8 Å². The molecule has 8 nitrogen and oxygen atoms in total. The van der Waals surface area contributed by atoms with Crippen molar-refractivity contribution >= 4 is 40.6 Å². The van der Waals surface area contributed by atoms with Crippen LogP contribution in [0.3, 0.4) is 0 Å². The fourth-order valence-corrected chi connectivity index (χ4v) is 2.60. The summed E-state index contributed by atoms with van der Waals surface area (Å²) in [4.78, 5) is 29.2. The molecule has 0 aliphatic rings. The molecule has 0 spiro atoms. The Morgan fingerprint density at radius 3 is 2.00 bits per heavy atom. The van der Waals surface area contributed by atoms with Crippen LogP contribution in [-0.4, -0.2) is 23.7 Å². The fraction of sp³-hybridized carbons (Fsp3) is 0.0435. The molecule has 0 fully saturated rings. The third-order valence-electron chi connectivity index (χ3n) is 3.88. The van der Waals surface area contributed by atoms with Crippen molar-refractivity contribution in [2.24, 2.45) is 32.9 Å². The van der Waals surface area contributed by atoms with Crippen molar-refractivity contribution in [2.45, 2.75) is 6.42 Å². The molecular formula is C23H24N6O2. The first kappa shape index (κ1) is 22.8. The summed E-state index contributed by atoms with van der Waals surface area (Å²) >= 11 is 0. The predicted molar refractivity (Wildman–Crippen MR) is 125 cm³/mol. The number of aliphatic imine (C=N–C) groups is 2. The summed E-state index contributed by atoms with van der Waals surface area (Å²) < 4.78 is 0. The van der Waals surface area contributed by atoms with Crippen LogP contribution < -0.4 is 22.9 Å². The number of fused-ring (bicyclic) bond motifs is 1. The molecule has 31 heavy (non-hydrogen) atoms. The van der Waals surface area contributed by atoms with Gasteiger partial charge in [-0.2, -0.15) is 9.98 Å². The number of rotatable bonds is 4. The summed E-state index contributed by atoms with van der Waals surface area (Å²) in [6.45, 7) is 0. The van der Waals surface area contributed by atoms with Gasteiger partial charge in [0.15, 0.2) is 11.9 Å². The molecule has 0 unspecified atom stereocenters. The number of nitrogens with two attached hydrogens (primary N) is 4. The van der Waals surface area contributed by atoms with Crippen LogP contribution in [0, 0.1) is 0 Å². The Bertz CT molecular complexity index is 1130. The molecule has 0 bridgehead atoms. The molecule has 0 aliphatic carbocycles. The maximum Gasteiger partial charge on any atom is 0.272 e. The van der Waals surface area contributed by atoms with Crippen molar-refractivity contribution in [3.05, 3.63) is 90.0 Å². The average molecular weight is 416 g/mol. The molecular weight excluding hydrogens is 392 g/mol. The number of benzene rings is 3. The Morgan fingerprint density at radius 1 is 0.742 bits per heavy atom. The zero-order chi connectivity index (χ0) is 22.6. The fourth-order valence-electron chi connectivity index (χ4n) is 2.60. The molecule has 0 radical (unpaired) electrons. The van der Waals surface area contributed by atoms with Gasteiger partial charge in [0, 0.05) is 6.08 Å². The summed E-state index contributed by atoms with van der Waals surface area (Å²) in [5, 5.41) is 2.24. The lowest BCUT2D eigenvalue weighted by molar-refractivity contribution is -0.117. The van der Waals surface area contributed by atoms with E-state index in [-0.39, 0.29) is 24.2 Å². The molecule has 3 aromatic carbocycles. The summed E-state index contributed by atoms with van der Waals surface area (Å²) in [6, 6.07) is 23.2. The molecule has 3 aromatic rings. The first-order valence-electron chi connectivity index (χ1n) is 9.30. The second-order valence-electron chi connectivity index (χ2n) is 6.41. The highest BCUT2D eigenvalue weighted by molar-refractivity contribution is 5.99. The van der Waals surface area contributed by atoms with Crippen molar-refractivity contribution in [1.29, 1.82) is 0 Å². The molecule has 0 saturated heterocycles. The van der Waals surface area contributed by atoms with E-state index in [0.717, 1.165) is 21.9 Å². The normalized spacial score (nSPS) is 10.1. The Hall–Kier alpha value is -4.46. The highest BCUT2D eigenvalue weighted by Gasteiger charge is 2.03. The Kier molecular flexibility index (Phi) is 8.48. The number of guanidine groups is 2. The van der Waals surface area contributed by atoms with Crippen LogP contribution in [0.4, 0.5) is 0 Å². The minimum Gasteiger partial charge on any atom is -0.370 e. The van der Waals surface area contributed by atoms with Crippen LogP contribution >= 0.6 is 0 Å². The van der Waals surface area contributed by atoms with Gasteiger partial charge in [0.25, 0.3) is 11.8 Å². The van der Waals surface area contributed by atoms with E-state index in [1.54, 1.807) is 6.08 Å². The maximum atomic E-state index is 11.4. The van der Waals surface area contributed by atoms with Gasteiger partial charge in [-0.25, -0.2) is 0 Å². The molecule has 0 saturated carbocycles. The number of hydrogen-bond acceptors (Lipinski definition) is 2. The molecule has 158 valence electrons. The molecule has 3 rings (SSSR count). The summed E-state index contributed by atoms with van der Waals surface area (Å²) in [7, 11) is 0. The minimum atomic E-state index is -0.464. The van der Waals surface area contributed by atoms with Gasteiger partial charge in [0.05, 0.1) is 6.42 Å². The first-order valence-corrected chi connectivity index (χ1v) is 9.30. The summed E-state index contributed by atoms with van der Waals surface area (Å²) in [6.07, 6.45) is 3.17. The van der Waals surface area contributed by atoms with E-state index in [1.165, 1.54) is 6.08 Å². The standard InChI is InChI=1S/C13H13N3O.C10H11N3O/c14-13(15)16-12(17)8-9-5-6-10-3-1-2-4-11(10)7-9;11-10(12)13-9(14)7-6-8-4-2-1-3-5-8/h1-7H,8H2,(H4,14,15,16,17);1-7H,(H4,11,12,13,14). The third-order valence-corrected chi connectivity index (χ3v) is 3.88. The Morgan fingerprint density at radius 2 is 1.35 bits per heavy atom. The van der Waals surface area contributed by atoms with Crippen molar-refractivity contribution < 1.29 is 9.59 Å². The second-order valence-corrected chi connectivity index (χ2v) is 6.41. The number of carbonyl (C=O) groups excluding carboxylic acids is 2. The first-order chi connectivity index (χ1) is 14.8. The molecule has 0 aromatic heterocycles. The van der Waals surface area contributed by atoms with E-state index in [9.17, 15) is 9.59 Å². The minimum absolute atomic E-state index is 0.198. The summed E-state index contributed by atoms with van der Waals surface area (Å²) in [5.41, 5.74) is 22.2. The van der Waals surface area contributed by atoms with Gasteiger partial charge in [-0.15, -0.1) is 0 Å². The molecule has 0 heterocycles. The average Bonchev–Trinajstić information content (AvgIpc) is 2.72. The van der Waals surface area contributed by atoms with Crippen LogP contribution in [0.5, 0.6) is 0 Å². The third kappa shape index (κ3) is 8.61. The Balaban J connectivity index is 0.000000225. The largest absolute Gasteiger partial charge is 0.370 e. The van der Waals surface area contributed by atoms with Crippen LogP contribution in [-0.2, 0) is 16.0 Å². The van der Waals surface area contributed by atoms with Crippen LogP contribution in [0.15, 0.2) is 88.9 Å². The molecule has 0 atom stereocenters. The van der Waals surface area contributed by atoms with Crippen LogP contribution in [0.2, 0.25) is 0 Å². The highest BCUT2D eigenvalue weighted by atomic mass is 16.1. The van der Waals surface area contributed by atoms with E-state index < -0.39 is 5.91 Å². The van der Waals surface area contributed by atoms with Gasteiger partial charge in [-0.3, -0.25) is 9.59 Å². The topological polar surface area (TPSA) is 163 Å². The van der Waals surface area contributed by atoms with Crippen molar-refractivity contribution in [3.63, 3.8) is 0 Å². The van der Waals surface area contributed by atoms with E-state index >= 15 is 0 Å². The predicted octanol–water partition coefficient (Wildman–Crippen LogP) is 1.68. The Labute approximate surface area is 180 Å². The van der Waals surface area contributed by atoms with Crippen molar-refractivity contribution in [1.82, 2.24) is 0 Å². The van der Waals surface area contributed by atoms with Gasteiger partial charge in [0.1, 0.15) is 0 Å². The van der Waals surface area contributed by atoms with E-state index in [4.69, 9.17) is 22.9 Å². The maximum absolute atomic E-state index is 11.4. The number of amides is 2. The zero-order valence-electron chi connectivity index (χ0n) is 16.8. The SMILES string of the molecule is NC(N)=NC(=O)C=Cc1ccccc1.NC(N)=NC(=O)Cc1ccc2ccccc2c1. The highest BCUT2D eigenvalue weighted by Crippen LogP contribution is 2.16. The second kappa shape index (κ2) is 11.5. The summed E-state index contributed by atoms with van der Waals surface area (Å²) in [5.74, 6) is -1.22. The molecule has 8 N–H and O–H groups in total. The zero-order valence-corrected chi connectivity index (χ0v) is 16.8. The monoisotopic (exact) mass is 416 g/mol. The van der Waals surface area contributed by atoms with Gasteiger partial charge >= 0.3 is 0 Å². The van der Waals surface area contributed by atoms with E-state index in [2.05, 4.69) is 9.98 Å². The molecule has 8 heteroatoms. The van der Waals surface area contributed by atoms with Crippen molar-refractivity contribution in [2.75, 3.05) is 0 Å². The lowest BCUT2D eigenvalue weighted by Gasteiger charge is -2.01. The van der Waals surface area contributed by atoms with Gasteiger partial charge < -0.3 is 22.9 Å². The molecule has 0 aliphatic heterocycles. The van der Waals surface area contributed by atoms with Crippen molar-refractivity contribution in [3.8, 4) is 0 Å². The lowest BCUT2D eigenvalue weighted by atomic mass is 10.1. The smallest absolute Gasteiger partial charge is 0.272 e. The van der Waals surface area contributed by atoms with Gasteiger partial charge in [0.2, 0.25) is 0 Å². The van der Waals surface area contributed by atoms with Crippen LogP contribution in [0.1, 0.15) is 11.1 Å². The molecule has 2 amide bonds. The quantitative estimate of drug-likeness (QED) is 0.287.